The second kappa shape index (κ2) is 2.84. The Morgan fingerprint density at radius 3 is 2.40 bits per heavy atom. The third kappa shape index (κ3) is 1.16. The highest BCUT2D eigenvalue weighted by molar-refractivity contribution is 8.03. The van der Waals surface area contributed by atoms with E-state index in [4.69, 9.17) is 0 Å². The molecule has 10 heavy (non-hydrogen) atoms. The molecule has 0 aromatic rings. The Morgan fingerprint density at radius 1 is 1.60 bits per heavy atom. The van der Waals surface area contributed by atoms with E-state index in [2.05, 4.69) is 5.32 Å². The quantitative estimate of drug-likeness (QED) is 0.601. The number of nitrogens with one attached hydrogen (secondary N) is 1. The van der Waals surface area contributed by atoms with E-state index in [1.807, 2.05) is 20.9 Å². The third-order valence-electron chi connectivity index (χ3n) is 1.83. The summed E-state index contributed by atoms with van der Waals surface area (Å²) in [5.74, 6) is 0.259. The van der Waals surface area contributed by atoms with Gasteiger partial charge in [-0.25, -0.2) is 0 Å². The molecule has 1 aliphatic heterocycles. The van der Waals surface area contributed by atoms with Gasteiger partial charge in [-0.05, 0) is 6.92 Å². The van der Waals surface area contributed by atoms with Crippen LogP contribution in [0, 0.1) is 5.92 Å². The molecule has 1 rings (SSSR count). The Balaban J connectivity index is 2.75. The van der Waals surface area contributed by atoms with Crippen molar-refractivity contribution in [1.29, 1.82) is 0 Å². The van der Waals surface area contributed by atoms with Crippen LogP contribution in [0.3, 0.4) is 0 Å². The van der Waals surface area contributed by atoms with E-state index in [0.29, 0.717) is 0 Å². The van der Waals surface area contributed by atoms with Crippen LogP contribution in [0.1, 0.15) is 13.8 Å². The maximum atomic E-state index is 9.35. The van der Waals surface area contributed by atoms with Crippen molar-refractivity contribution in [3.63, 3.8) is 0 Å². The standard InChI is InChI=1S/C7H13NOS/c1-4-6(8-3)5(2)10-7(4)9/h4,7-9H,1-3H3. The number of hydrogen-bond acceptors (Lipinski definition) is 3. The fraction of sp³-hybridized carbons (Fsp3) is 0.714. The van der Waals surface area contributed by atoms with Gasteiger partial charge in [-0.15, -0.1) is 0 Å². The van der Waals surface area contributed by atoms with Gasteiger partial charge in [0.05, 0.1) is 0 Å². The van der Waals surface area contributed by atoms with Crippen molar-refractivity contribution >= 4 is 11.8 Å². The molecule has 2 N–H and O–H groups in total. The predicted molar refractivity (Wildman–Crippen MR) is 44.5 cm³/mol. The predicted octanol–water partition coefficient (Wildman–Crippen LogP) is 1.14. The first-order valence-electron chi connectivity index (χ1n) is 3.40. The van der Waals surface area contributed by atoms with Crippen molar-refractivity contribution in [2.75, 3.05) is 7.05 Å². The molecule has 1 aliphatic rings. The Hall–Kier alpha value is -0.150. The fourth-order valence-corrected chi connectivity index (χ4v) is 2.33. The van der Waals surface area contributed by atoms with E-state index in [9.17, 15) is 5.11 Å². The minimum Gasteiger partial charge on any atom is -0.390 e. The molecular weight excluding hydrogens is 146 g/mol. The molecule has 0 aliphatic carbocycles. The van der Waals surface area contributed by atoms with E-state index in [1.54, 1.807) is 0 Å². The summed E-state index contributed by atoms with van der Waals surface area (Å²) in [4.78, 5) is 1.21. The lowest BCUT2D eigenvalue weighted by Gasteiger charge is -2.10. The molecule has 0 spiro atoms. The number of aliphatic hydroxyl groups is 1. The number of rotatable bonds is 1. The van der Waals surface area contributed by atoms with Crippen molar-refractivity contribution in [1.82, 2.24) is 5.32 Å². The highest BCUT2D eigenvalue weighted by atomic mass is 32.2. The lowest BCUT2D eigenvalue weighted by atomic mass is 10.1. The van der Waals surface area contributed by atoms with Gasteiger partial charge in [0.15, 0.2) is 0 Å². The Bertz CT molecular complexity index is 167. The SMILES string of the molecule is CNC1=C(C)SC(O)C1C. The molecule has 0 fully saturated rings. The normalized spacial score (nSPS) is 33.2. The summed E-state index contributed by atoms with van der Waals surface area (Å²) in [5.41, 5.74) is 0.931. The van der Waals surface area contributed by atoms with E-state index >= 15 is 0 Å². The largest absolute Gasteiger partial charge is 0.390 e. The van der Waals surface area contributed by atoms with Crippen LogP contribution in [0.4, 0.5) is 0 Å². The molecule has 0 amide bonds. The molecule has 1 heterocycles. The molecular formula is C7H13NOS. The average Bonchev–Trinajstić information content (AvgIpc) is 2.09. The van der Waals surface area contributed by atoms with Crippen molar-refractivity contribution in [3.05, 3.63) is 10.6 Å². The summed E-state index contributed by atoms with van der Waals surface area (Å²) in [6.45, 7) is 4.06. The minimum absolute atomic E-state index is 0.248. The highest BCUT2D eigenvalue weighted by Crippen LogP contribution is 2.38. The molecule has 2 nitrogen and oxygen atoms in total. The minimum atomic E-state index is -0.248. The van der Waals surface area contributed by atoms with Crippen LogP contribution in [0.2, 0.25) is 0 Å². The first kappa shape index (κ1) is 7.95. The van der Waals surface area contributed by atoms with Crippen LogP contribution in [-0.2, 0) is 0 Å². The van der Waals surface area contributed by atoms with Crippen molar-refractivity contribution in [2.24, 2.45) is 5.92 Å². The zero-order valence-corrected chi connectivity index (χ0v) is 7.33. The van der Waals surface area contributed by atoms with Gasteiger partial charge in [0.2, 0.25) is 0 Å². The second-order valence-corrected chi connectivity index (χ2v) is 3.85. The van der Waals surface area contributed by atoms with Crippen molar-refractivity contribution in [2.45, 2.75) is 19.3 Å². The number of allylic oxidation sites excluding steroid dienone is 1. The van der Waals surface area contributed by atoms with E-state index < -0.39 is 0 Å². The second-order valence-electron chi connectivity index (χ2n) is 2.52. The summed E-state index contributed by atoms with van der Waals surface area (Å²) in [5, 5.41) is 12.4. The van der Waals surface area contributed by atoms with Gasteiger partial charge in [0.1, 0.15) is 5.44 Å². The van der Waals surface area contributed by atoms with Gasteiger partial charge in [-0.3, -0.25) is 0 Å². The first-order valence-corrected chi connectivity index (χ1v) is 4.28. The van der Waals surface area contributed by atoms with Gasteiger partial charge in [0.25, 0.3) is 0 Å². The zero-order chi connectivity index (χ0) is 7.72. The van der Waals surface area contributed by atoms with E-state index in [-0.39, 0.29) is 11.4 Å². The maximum absolute atomic E-state index is 9.35. The number of aliphatic hydroxyl groups excluding tert-OH is 1. The topological polar surface area (TPSA) is 32.3 Å². The molecule has 0 radical (unpaired) electrons. The highest BCUT2D eigenvalue weighted by Gasteiger charge is 2.27. The van der Waals surface area contributed by atoms with Crippen molar-refractivity contribution < 1.29 is 5.11 Å². The van der Waals surface area contributed by atoms with Crippen LogP contribution in [0.15, 0.2) is 10.6 Å². The Labute approximate surface area is 65.7 Å². The molecule has 0 aromatic carbocycles. The van der Waals surface area contributed by atoms with Crippen LogP contribution in [0.25, 0.3) is 0 Å². The molecule has 2 atom stereocenters. The van der Waals surface area contributed by atoms with Crippen LogP contribution in [0.5, 0.6) is 0 Å². The lowest BCUT2D eigenvalue weighted by molar-refractivity contribution is 0.221. The van der Waals surface area contributed by atoms with Gasteiger partial charge < -0.3 is 10.4 Å². The smallest absolute Gasteiger partial charge is 0.112 e. The van der Waals surface area contributed by atoms with E-state index in [0.717, 1.165) is 0 Å². The fourth-order valence-electron chi connectivity index (χ4n) is 1.21. The molecule has 0 aromatic heterocycles. The molecule has 0 saturated heterocycles. The van der Waals surface area contributed by atoms with Crippen LogP contribution >= 0.6 is 11.8 Å². The zero-order valence-electron chi connectivity index (χ0n) is 6.51. The lowest BCUT2D eigenvalue weighted by Crippen LogP contribution is -2.17. The summed E-state index contributed by atoms with van der Waals surface area (Å²) >= 11 is 1.53. The number of thioether (sulfide) groups is 1. The van der Waals surface area contributed by atoms with Gasteiger partial charge in [0, 0.05) is 23.6 Å². The Kier molecular flexibility index (Phi) is 2.26. The maximum Gasteiger partial charge on any atom is 0.112 e. The first-order chi connectivity index (χ1) is 4.66. The van der Waals surface area contributed by atoms with Crippen LogP contribution in [-0.4, -0.2) is 17.6 Å². The number of hydrogen-bond donors (Lipinski definition) is 2. The molecule has 3 heteroatoms. The molecule has 0 bridgehead atoms. The molecule has 0 saturated carbocycles. The average molecular weight is 159 g/mol. The van der Waals surface area contributed by atoms with Gasteiger partial charge in [-0.1, -0.05) is 18.7 Å². The summed E-state index contributed by atoms with van der Waals surface area (Å²) < 4.78 is 0. The summed E-state index contributed by atoms with van der Waals surface area (Å²) in [7, 11) is 1.90. The molecule has 58 valence electrons. The third-order valence-corrected chi connectivity index (χ3v) is 3.05. The van der Waals surface area contributed by atoms with E-state index in [1.165, 1.54) is 22.4 Å². The molecule has 2 unspecified atom stereocenters. The van der Waals surface area contributed by atoms with Gasteiger partial charge >= 0.3 is 0 Å². The summed E-state index contributed by atoms with van der Waals surface area (Å²) in [6.07, 6.45) is 0. The van der Waals surface area contributed by atoms with Gasteiger partial charge in [-0.2, -0.15) is 0 Å². The van der Waals surface area contributed by atoms with Crippen LogP contribution < -0.4 is 5.32 Å². The van der Waals surface area contributed by atoms with Crippen molar-refractivity contribution in [3.8, 4) is 0 Å². The monoisotopic (exact) mass is 159 g/mol. The Morgan fingerprint density at radius 2 is 2.20 bits per heavy atom. The summed E-state index contributed by atoms with van der Waals surface area (Å²) in [6, 6.07) is 0.